The summed E-state index contributed by atoms with van der Waals surface area (Å²) < 4.78 is 31.9. The molecule has 134 valence electrons. The van der Waals surface area contributed by atoms with Crippen molar-refractivity contribution in [3.63, 3.8) is 0 Å². The van der Waals surface area contributed by atoms with Crippen molar-refractivity contribution in [2.75, 3.05) is 11.9 Å². The molecule has 0 radical (unpaired) electrons. The largest absolute Gasteiger partial charge is 0.477 e. The predicted octanol–water partition coefficient (Wildman–Crippen LogP) is 4.44. The van der Waals surface area contributed by atoms with Gasteiger partial charge < -0.3 is 4.74 Å². The maximum atomic E-state index is 13.5. The Morgan fingerprint density at radius 1 is 1.27 bits per heavy atom. The van der Waals surface area contributed by atoms with E-state index in [-0.39, 0.29) is 11.4 Å². The van der Waals surface area contributed by atoms with E-state index in [4.69, 9.17) is 4.74 Å². The summed E-state index contributed by atoms with van der Waals surface area (Å²) in [5.74, 6) is -2.04. The maximum absolute atomic E-state index is 13.5. The van der Waals surface area contributed by atoms with Crippen LogP contribution in [0.1, 0.15) is 22.2 Å². The van der Waals surface area contributed by atoms with Crippen molar-refractivity contribution in [3.8, 4) is 17.1 Å². The lowest BCUT2D eigenvalue weighted by Crippen LogP contribution is -2.14. The van der Waals surface area contributed by atoms with Crippen LogP contribution >= 0.6 is 11.3 Å². The van der Waals surface area contributed by atoms with Gasteiger partial charge in [-0.2, -0.15) is 0 Å². The minimum Gasteiger partial charge on any atom is -0.477 e. The van der Waals surface area contributed by atoms with E-state index in [1.165, 1.54) is 23.6 Å². The third-order valence-electron chi connectivity index (χ3n) is 3.51. The summed E-state index contributed by atoms with van der Waals surface area (Å²) in [7, 11) is 0. The number of aryl methyl sites for hydroxylation is 1. The average Bonchev–Trinajstić information content (AvgIpc) is 2.98. The second-order valence-electron chi connectivity index (χ2n) is 5.30. The lowest BCUT2D eigenvalue weighted by atomic mass is 10.1. The van der Waals surface area contributed by atoms with Gasteiger partial charge in [-0.25, -0.2) is 18.7 Å². The number of ether oxygens (including phenoxy) is 1. The van der Waals surface area contributed by atoms with Gasteiger partial charge in [-0.3, -0.25) is 10.1 Å². The van der Waals surface area contributed by atoms with Crippen LogP contribution in [-0.4, -0.2) is 22.5 Å². The Morgan fingerprint density at radius 2 is 2.08 bits per heavy atom. The molecule has 1 N–H and O–H groups in total. The lowest BCUT2D eigenvalue weighted by molar-refractivity contribution is 0.102. The summed E-state index contributed by atoms with van der Waals surface area (Å²) in [5, 5.41) is 3.04. The van der Waals surface area contributed by atoms with Gasteiger partial charge in [-0.1, -0.05) is 0 Å². The van der Waals surface area contributed by atoms with Gasteiger partial charge in [0, 0.05) is 16.6 Å². The fourth-order valence-electron chi connectivity index (χ4n) is 2.34. The van der Waals surface area contributed by atoms with Gasteiger partial charge in [0.25, 0.3) is 5.91 Å². The van der Waals surface area contributed by atoms with E-state index in [0.717, 1.165) is 17.0 Å². The molecule has 8 heteroatoms. The standard InChI is InChI=1S/C18H15F2N3O2S/c1-3-25-17-12(5-4-8-21-17)16(24)23-18-22-15(10(2)26-18)11-6-7-13(19)14(20)9-11/h4-9H,3H2,1-2H3,(H,22,23,24). The monoisotopic (exact) mass is 375 g/mol. The third-order valence-corrected chi connectivity index (χ3v) is 4.39. The molecule has 0 aliphatic carbocycles. The fourth-order valence-corrected chi connectivity index (χ4v) is 3.17. The molecule has 5 nitrogen and oxygen atoms in total. The van der Waals surface area contributed by atoms with E-state index in [9.17, 15) is 13.6 Å². The number of hydrogen-bond donors (Lipinski definition) is 1. The molecule has 26 heavy (non-hydrogen) atoms. The predicted molar refractivity (Wildman–Crippen MR) is 95.6 cm³/mol. The van der Waals surface area contributed by atoms with Crippen LogP contribution in [0.2, 0.25) is 0 Å². The number of thiazole rings is 1. The summed E-state index contributed by atoms with van der Waals surface area (Å²) in [6.45, 7) is 3.97. The van der Waals surface area contributed by atoms with Crippen molar-refractivity contribution in [1.29, 1.82) is 0 Å². The zero-order chi connectivity index (χ0) is 18.7. The lowest BCUT2D eigenvalue weighted by Gasteiger charge is -2.07. The number of amides is 1. The highest BCUT2D eigenvalue weighted by Gasteiger charge is 2.17. The minimum absolute atomic E-state index is 0.238. The van der Waals surface area contributed by atoms with E-state index in [1.807, 2.05) is 0 Å². The van der Waals surface area contributed by atoms with Crippen molar-refractivity contribution < 1.29 is 18.3 Å². The number of rotatable bonds is 5. The number of aromatic nitrogens is 2. The molecule has 0 bridgehead atoms. The zero-order valence-corrected chi connectivity index (χ0v) is 14.9. The van der Waals surface area contributed by atoms with E-state index < -0.39 is 17.5 Å². The van der Waals surface area contributed by atoms with Gasteiger partial charge in [0.15, 0.2) is 16.8 Å². The third kappa shape index (κ3) is 3.70. The van der Waals surface area contributed by atoms with Gasteiger partial charge in [0.1, 0.15) is 5.56 Å². The minimum atomic E-state index is -0.947. The average molecular weight is 375 g/mol. The van der Waals surface area contributed by atoms with E-state index in [0.29, 0.717) is 23.0 Å². The molecule has 0 aliphatic rings. The van der Waals surface area contributed by atoms with Crippen LogP contribution in [0.15, 0.2) is 36.5 Å². The first-order chi connectivity index (χ1) is 12.5. The highest BCUT2D eigenvalue weighted by atomic mass is 32.1. The first-order valence-corrected chi connectivity index (χ1v) is 8.63. The molecule has 2 aromatic heterocycles. The molecule has 0 spiro atoms. The Morgan fingerprint density at radius 3 is 2.81 bits per heavy atom. The number of anilines is 1. The summed E-state index contributed by atoms with van der Waals surface area (Å²) in [5.41, 5.74) is 1.21. The molecule has 0 atom stereocenters. The zero-order valence-electron chi connectivity index (χ0n) is 14.0. The topological polar surface area (TPSA) is 64.1 Å². The van der Waals surface area contributed by atoms with Gasteiger partial charge in [0.05, 0.1) is 12.3 Å². The van der Waals surface area contributed by atoms with E-state index >= 15 is 0 Å². The molecule has 0 aliphatic heterocycles. The van der Waals surface area contributed by atoms with Gasteiger partial charge in [-0.15, -0.1) is 11.3 Å². The van der Waals surface area contributed by atoms with E-state index in [2.05, 4.69) is 15.3 Å². The Bertz CT molecular complexity index is 959. The number of carbonyl (C=O) groups is 1. The second kappa shape index (κ2) is 7.57. The molecule has 1 aromatic carbocycles. The molecule has 1 amide bonds. The number of nitrogens with one attached hydrogen (secondary N) is 1. The normalized spacial score (nSPS) is 10.6. The van der Waals surface area contributed by atoms with Crippen LogP contribution in [0.25, 0.3) is 11.3 Å². The molecular formula is C18H15F2N3O2S. The number of pyridine rings is 1. The second-order valence-corrected chi connectivity index (χ2v) is 6.50. The highest BCUT2D eigenvalue weighted by molar-refractivity contribution is 7.16. The number of nitrogens with zero attached hydrogens (tertiary/aromatic N) is 2. The van der Waals surface area contributed by atoms with Crippen molar-refractivity contribution >= 4 is 22.4 Å². The molecule has 0 fully saturated rings. The van der Waals surface area contributed by atoms with Gasteiger partial charge in [0.2, 0.25) is 5.88 Å². The van der Waals surface area contributed by atoms with Crippen LogP contribution in [0, 0.1) is 18.6 Å². The Hall–Kier alpha value is -2.87. The molecular weight excluding hydrogens is 360 g/mol. The summed E-state index contributed by atoms with van der Waals surface area (Å²) in [6.07, 6.45) is 1.54. The number of hydrogen-bond acceptors (Lipinski definition) is 5. The van der Waals surface area contributed by atoms with E-state index in [1.54, 1.807) is 26.0 Å². The van der Waals surface area contributed by atoms with Crippen LogP contribution in [0.3, 0.4) is 0 Å². The first-order valence-electron chi connectivity index (χ1n) is 7.81. The molecule has 0 unspecified atom stereocenters. The van der Waals surface area contributed by atoms with Crippen molar-refractivity contribution in [2.24, 2.45) is 0 Å². The van der Waals surface area contributed by atoms with Crippen molar-refractivity contribution in [3.05, 3.63) is 58.6 Å². The maximum Gasteiger partial charge on any atom is 0.262 e. The number of carbonyl (C=O) groups excluding carboxylic acids is 1. The smallest absolute Gasteiger partial charge is 0.262 e. The Kier molecular flexibility index (Phi) is 5.22. The summed E-state index contributed by atoms with van der Waals surface area (Å²) >= 11 is 1.24. The molecule has 0 saturated carbocycles. The quantitative estimate of drug-likeness (QED) is 0.716. The Labute approximate surface area is 152 Å². The SMILES string of the molecule is CCOc1ncccc1C(=O)Nc1nc(-c2ccc(F)c(F)c2)c(C)s1. The molecule has 0 saturated heterocycles. The van der Waals surface area contributed by atoms with Crippen LogP contribution in [0.5, 0.6) is 5.88 Å². The summed E-state index contributed by atoms with van der Waals surface area (Å²) in [6, 6.07) is 6.81. The van der Waals surface area contributed by atoms with Crippen LogP contribution < -0.4 is 10.1 Å². The van der Waals surface area contributed by atoms with Gasteiger partial charge >= 0.3 is 0 Å². The van der Waals surface area contributed by atoms with Crippen molar-refractivity contribution in [1.82, 2.24) is 9.97 Å². The number of halogens is 2. The first kappa shape index (κ1) is 17.9. The fraction of sp³-hybridized carbons (Fsp3) is 0.167. The molecule has 3 aromatic rings. The molecule has 3 rings (SSSR count). The summed E-state index contributed by atoms with van der Waals surface area (Å²) in [4.78, 5) is 21.6. The highest BCUT2D eigenvalue weighted by Crippen LogP contribution is 2.31. The van der Waals surface area contributed by atoms with Crippen LogP contribution in [-0.2, 0) is 0 Å². The van der Waals surface area contributed by atoms with Crippen LogP contribution in [0.4, 0.5) is 13.9 Å². The molecule has 2 heterocycles. The number of benzene rings is 1. The Balaban J connectivity index is 1.86. The van der Waals surface area contributed by atoms with Gasteiger partial charge in [-0.05, 0) is 44.2 Å². The van der Waals surface area contributed by atoms with Crippen molar-refractivity contribution in [2.45, 2.75) is 13.8 Å².